The van der Waals surface area contributed by atoms with E-state index in [1.165, 1.54) is 0 Å². The summed E-state index contributed by atoms with van der Waals surface area (Å²) in [5.41, 5.74) is 0.874. The number of aromatic nitrogens is 1. The summed E-state index contributed by atoms with van der Waals surface area (Å²) in [6, 6.07) is 5.16. The first kappa shape index (κ1) is 16.0. The van der Waals surface area contributed by atoms with Crippen molar-refractivity contribution in [2.75, 3.05) is 5.32 Å². The van der Waals surface area contributed by atoms with Crippen LogP contribution in [-0.4, -0.2) is 22.0 Å². The van der Waals surface area contributed by atoms with Crippen LogP contribution in [0.25, 0.3) is 11.1 Å². The molecule has 0 radical (unpaired) electrons. The lowest BCUT2D eigenvalue weighted by molar-refractivity contribution is -0.151. The fourth-order valence-corrected chi connectivity index (χ4v) is 2.51. The van der Waals surface area contributed by atoms with E-state index in [1.54, 1.807) is 39.0 Å². The molecule has 0 fully saturated rings. The Bertz CT molecular complexity index is 701. The van der Waals surface area contributed by atoms with Gasteiger partial charge in [-0.3, -0.25) is 9.59 Å². The molecule has 1 amide bonds. The van der Waals surface area contributed by atoms with Gasteiger partial charge in [-0.25, -0.2) is 4.98 Å². The van der Waals surface area contributed by atoms with Crippen molar-refractivity contribution >= 4 is 28.7 Å². The summed E-state index contributed by atoms with van der Waals surface area (Å²) < 4.78 is 5.37. The average molecular weight is 304 g/mol. The summed E-state index contributed by atoms with van der Waals surface area (Å²) in [5.74, 6) is -0.693. The van der Waals surface area contributed by atoms with E-state index in [9.17, 15) is 14.7 Å². The van der Waals surface area contributed by atoms with Crippen molar-refractivity contribution in [1.82, 2.24) is 4.98 Å². The van der Waals surface area contributed by atoms with Crippen LogP contribution in [0.3, 0.4) is 0 Å². The lowest BCUT2D eigenvalue weighted by atomic mass is 9.79. The molecule has 1 aromatic heterocycles. The average Bonchev–Trinajstić information content (AvgIpc) is 2.83. The minimum absolute atomic E-state index is 0.0504. The zero-order chi connectivity index (χ0) is 16.3. The fourth-order valence-electron chi connectivity index (χ4n) is 2.51. The molecule has 0 bridgehead atoms. The van der Waals surface area contributed by atoms with E-state index in [2.05, 4.69) is 10.3 Å². The molecule has 22 heavy (non-hydrogen) atoms. The molecule has 0 aliphatic rings. The number of hydrogen-bond donors (Lipinski definition) is 2. The van der Waals surface area contributed by atoms with E-state index in [0.29, 0.717) is 35.5 Å². The molecule has 0 aliphatic heterocycles. The highest BCUT2D eigenvalue weighted by molar-refractivity contribution is 5.95. The molecule has 2 rings (SSSR count). The molecule has 6 heteroatoms. The van der Waals surface area contributed by atoms with Crippen LogP contribution in [0.15, 0.2) is 22.6 Å². The highest BCUT2D eigenvalue weighted by atomic mass is 16.4. The predicted octanol–water partition coefficient (Wildman–Crippen LogP) is 3.36. The summed E-state index contributed by atoms with van der Waals surface area (Å²) in [6.45, 7) is 5.33. The van der Waals surface area contributed by atoms with Gasteiger partial charge in [-0.2, -0.15) is 0 Å². The number of anilines is 1. The van der Waals surface area contributed by atoms with Crippen LogP contribution in [0.5, 0.6) is 0 Å². The first-order valence-corrected chi connectivity index (χ1v) is 7.30. The zero-order valence-electron chi connectivity index (χ0n) is 13.0. The number of carboxylic acids is 1. The van der Waals surface area contributed by atoms with E-state index in [-0.39, 0.29) is 12.3 Å². The number of nitrogens with one attached hydrogen (secondary N) is 1. The van der Waals surface area contributed by atoms with Gasteiger partial charge in [0.15, 0.2) is 11.5 Å². The normalized spacial score (nSPS) is 11.6. The maximum atomic E-state index is 12.2. The Kier molecular flexibility index (Phi) is 4.49. The Morgan fingerprint density at radius 1 is 1.32 bits per heavy atom. The van der Waals surface area contributed by atoms with Gasteiger partial charge in [-0.05, 0) is 31.0 Å². The molecule has 0 spiro atoms. The fraction of sp³-hybridized carbons (Fsp3) is 0.438. The van der Waals surface area contributed by atoms with Crippen molar-refractivity contribution in [3.8, 4) is 0 Å². The smallest absolute Gasteiger partial charge is 0.310 e. The van der Waals surface area contributed by atoms with E-state index in [4.69, 9.17) is 4.42 Å². The number of carbonyl (C=O) groups excluding carboxylic acids is 1. The largest absolute Gasteiger partial charge is 0.481 e. The molecule has 0 saturated carbocycles. The number of hydrogen-bond acceptors (Lipinski definition) is 4. The van der Waals surface area contributed by atoms with Crippen LogP contribution in [0.1, 0.15) is 39.0 Å². The highest BCUT2D eigenvalue weighted by Crippen LogP contribution is 2.31. The standard InChI is InChI=1S/C16H20N2O4/c1-4-16(5-2,15(20)21)9-14(19)18-11-6-7-13-12(8-11)17-10(3)22-13/h6-8H,4-5,9H2,1-3H3,(H,18,19)(H,20,21). The third kappa shape index (κ3) is 3.10. The second kappa shape index (κ2) is 6.17. The molecule has 0 aliphatic carbocycles. The van der Waals surface area contributed by atoms with Gasteiger partial charge in [0.25, 0.3) is 0 Å². The molecule has 0 unspecified atom stereocenters. The minimum atomic E-state index is -1.02. The molecule has 1 heterocycles. The van der Waals surface area contributed by atoms with Gasteiger partial charge in [0.05, 0.1) is 5.41 Å². The van der Waals surface area contributed by atoms with E-state index < -0.39 is 11.4 Å². The minimum Gasteiger partial charge on any atom is -0.481 e. The van der Waals surface area contributed by atoms with Gasteiger partial charge in [-0.15, -0.1) is 0 Å². The van der Waals surface area contributed by atoms with E-state index in [1.807, 2.05) is 0 Å². The molecule has 118 valence electrons. The lowest BCUT2D eigenvalue weighted by Crippen LogP contribution is -2.34. The summed E-state index contributed by atoms with van der Waals surface area (Å²) >= 11 is 0. The van der Waals surface area contributed by atoms with Crippen LogP contribution in [0, 0.1) is 12.3 Å². The van der Waals surface area contributed by atoms with Gasteiger partial charge in [-0.1, -0.05) is 13.8 Å². The summed E-state index contributed by atoms with van der Waals surface area (Å²) in [6.07, 6.45) is 0.771. The summed E-state index contributed by atoms with van der Waals surface area (Å²) in [4.78, 5) is 27.8. The first-order valence-electron chi connectivity index (χ1n) is 7.30. The van der Waals surface area contributed by atoms with Crippen LogP contribution in [0.2, 0.25) is 0 Å². The van der Waals surface area contributed by atoms with Crippen molar-refractivity contribution in [3.63, 3.8) is 0 Å². The SMILES string of the molecule is CCC(CC)(CC(=O)Nc1ccc2oc(C)nc2c1)C(=O)O. The Balaban J connectivity index is 2.14. The Labute approximate surface area is 128 Å². The van der Waals surface area contributed by atoms with Crippen LogP contribution >= 0.6 is 0 Å². The first-order chi connectivity index (χ1) is 10.4. The molecular formula is C16H20N2O4. The monoisotopic (exact) mass is 304 g/mol. The number of rotatable bonds is 6. The van der Waals surface area contributed by atoms with Gasteiger partial charge in [0, 0.05) is 19.0 Å². The van der Waals surface area contributed by atoms with Crippen LogP contribution < -0.4 is 5.32 Å². The summed E-state index contributed by atoms with van der Waals surface area (Å²) in [7, 11) is 0. The quantitative estimate of drug-likeness (QED) is 0.853. The molecule has 6 nitrogen and oxygen atoms in total. The molecule has 2 aromatic rings. The summed E-state index contributed by atoms with van der Waals surface area (Å²) in [5, 5.41) is 12.1. The maximum Gasteiger partial charge on any atom is 0.310 e. The number of aliphatic carboxylic acids is 1. The third-order valence-corrected chi connectivity index (χ3v) is 4.08. The molecule has 0 atom stereocenters. The Hall–Kier alpha value is -2.37. The van der Waals surface area contributed by atoms with Crippen LogP contribution in [-0.2, 0) is 9.59 Å². The number of benzene rings is 1. The maximum absolute atomic E-state index is 12.2. The van der Waals surface area contributed by atoms with Gasteiger partial charge in [0.1, 0.15) is 5.52 Å². The van der Waals surface area contributed by atoms with Crippen molar-refractivity contribution in [2.24, 2.45) is 5.41 Å². The van der Waals surface area contributed by atoms with Gasteiger partial charge < -0.3 is 14.8 Å². The van der Waals surface area contributed by atoms with Gasteiger partial charge >= 0.3 is 5.97 Å². The molecule has 2 N–H and O–H groups in total. The number of carbonyl (C=O) groups is 2. The van der Waals surface area contributed by atoms with Crippen molar-refractivity contribution in [2.45, 2.75) is 40.0 Å². The number of oxazole rings is 1. The van der Waals surface area contributed by atoms with Gasteiger partial charge in [0.2, 0.25) is 5.91 Å². The lowest BCUT2D eigenvalue weighted by Gasteiger charge is -2.25. The van der Waals surface area contributed by atoms with Crippen molar-refractivity contribution in [3.05, 3.63) is 24.1 Å². The molecule has 0 saturated heterocycles. The predicted molar refractivity (Wildman–Crippen MR) is 82.6 cm³/mol. The second-order valence-corrected chi connectivity index (χ2v) is 5.43. The Morgan fingerprint density at radius 3 is 2.59 bits per heavy atom. The van der Waals surface area contributed by atoms with E-state index in [0.717, 1.165) is 0 Å². The number of carboxylic acid groups (broad SMARTS) is 1. The second-order valence-electron chi connectivity index (χ2n) is 5.43. The third-order valence-electron chi connectivity index (χ3n) is 4.08. The topological polar surface area (TPSA) is 92.4 Å². The highest BCUT2D eigenvalue weighted by Gasteiger charge is 2.37. The number of aryl methyl sites for hydroxylation is 1. The van der Waals surface area contributed by atoms with Crippen LogP contribution in [0.4, 0.5) is 5.69 Å². The number of fused-ring (bicyclic) bond motifs is 1. The molecule has 1 aromatic carbocycles. The van der Waals surface area contributed by atoms with Crippen molar-refractivity contribution in [1.29, 1.82) is 0 Å². The Morgan fingerprint density at radius 2 is 2.00 bits per heavy atom. The number of nitrogens with zero attached hydrogens (tertiary/aromatic N) is 1. The molecular weight excluding hydrogens is 284 g/mol. The zero-order valence-corrected chi connectivity index (χ0v) is 13.0. The number of amides is 1. The van der Waals surface area contributed by atoms with Crippen molar-refractivity contribution < 1.29 is 19.1 Å². The van der Waals surface area contributed by atoms with E-state index >= 15 is 0 Å².